The van der Waals surface area contributed by atoms with Gasteiger partial charge in [-0.1, -0.05) is 36.6 Å². The maximum absolute atomic E-state index is 2.41. The van der Waals surface area contributed by atoms with Crippen molar-refractivity contribution in [2.24, 2.45) is 0 Å². The van der Waals surface area contributed by atoms with Gasteiger partial charge in [-0.3, -0.25) is 0 Å². The Balaban J connectivity index is 3.45. The van der Waals surface area contributed by atoms with Crippen molar-refractivity contribution in [1.29, 1.82) is 0 Å². The Bertz CT molecular complexity index is 180. The summed E-state index contributed by atoms with van der Waals surface area (Å²) < 4.78 is 0. The lowest BCUT2D eigenvalue weighted by molar-refractivity contribution is 0.776. The molecule has 0 N–H and O–H groups in total. The van der Waals surface area contributed by atoms with Gasteiger partial charge < -0.3 is 0 Å². The fraction of sp³-hybridized carbons (Fsp3) is 0.714. The van der Waals surface area contributed by atoms with Crippen molar-refractivity contribution in [3.8, 4) is 0 Å². The van der Waals surface area contributed by atoms with Gasteiger partial charge in [0.25, 0.3) is 0 Å². The van der Waals surface area contributed by atoms with Gasteiger partial charge in [0.15, 0.2) is 0 Å². The molecule has 0 saturated heterocycles. The van der Waals surface area contributed by atoms with E-state index in [1.54, 1.807) is 5.57 Å². The molecular formula is C14H26. The summed E-state index contributed by atoms with van der Waals surface area (Å²) in [5.74, 6) is 0. The molecule has 0 fully saturated rings. The summed E-state index contributed by atoms with van der Waals surface area (Å²) in [6, 6.07) is 0. The fourth-order valence-electron chi connectivity index (χ4n) is 1.41. The van der Waals surface area contributed by atoms with Crippen molar-refractivity contribution >= 4 is 0 Å². The standard InChI is InChI=1S/C14H26/c1-5-6-11-14(4)12-9-7-8-10-13(2)3/h10,12H,5-9,11H2,1-4H3. The van der Waals surface area contributed by atoms with Crippen molar-refractivity contribution in [2.45, 2.75) is 66.2 Å². The van der Waals surface area contributed by atoms with Gasteiger partial charge in [-0.2, -0.15) is 0 Å². The second-order valence-corrected chi connectivity index (χ2v) is 4.37. The van der Waals surface area contributed by atoms with Crippen molar-refractivity contribution in [1.82, 2.24) is 0 Å². The maximum atomic E-state index is 2.41. The van der Waals surface area contributed by atoms with E-state index in [1.165, 1.54) is 44.1 Å². The molecule has 0 aliphatic rings. The van der Waals surface area contributed by atoms with Gasteiger partial charge >= 0.3 is 0 Å². The van der Waals surface area contributed by atoms with E-state index < -0.39 is 0 Å². The first kappa shape index (κ1) is 13.5. The molecule has 0 aliphatic carbocycles. The Hall–Kier alpha value is -0.520. The van der Waals surface area contributed by atoms with E-state index >= 15 is 0 Å². The highest BCUT2D eigenvalue weighted by Gasteiger charge is 1.89. The van der Waals surface area contributed by atoms with Crippen molar-refractivity contribution in [3.05, 3.63) is 23.3 Å². The number of hydrogen-bond acceptors (Lipinski definition) is 0. The minimum Gasteiger partial charge on any atom is -0.0859 e. The van der Waals surface area contributed by atoms with E-state index in [0.717, 1.165) is 0 Å². The van der Waals surface area contributed by atoms with Crippen LogP contribution in [0.15, 0.2) is 23.3 Å². The highest BCUT2D eigenvalue weighted by Crippen LogP contribution is 2.09. The van der Waals surface area contributed by atoms with Gasteiger partial charge in [-0.05, 0) is 52.9 Å². The van der Waals surface area contributed by atoms with Crippen LogP contribution in [0.25, 0.3) is 0 Å². The fourth-order valence-corrected chi connectivity index (χ4v) is 1.41. The van der Waals surface area contributed by atoms with Crippen LogP contribution >= 0.6 is 0 Å². The highest BCUT2D eigenvalue weighted by molar-refractivity contribution is 4.98. The second-order valence-electron chi connectivity index (χ2n) is 4.37. The zero-order valence-electron chi connectivity index (χ0n) is 10.4. The summed E-state index contributed by atoms with van der Waals surface area (Å²) in [6.45, 7) is 8.85. The molecule has 0 aromatic heterocycles. The summed E-state index contributed by atoms with van der Waals surface area (Å²) >= 11 is 0. The maximum Gasteiger partial charge on any atom is -0.0323 e. The van der Waals surface area contributed by atoms with Gasteiger partial charge in [-0.15, -0.1) is 0 Å². The Morgan fingerprint density at radius 2 is 1.57 bits per heavy atom. The van der Waals surface area contributed by atoms with Crippen LogP contribution in [0.2, 0.25) is 0 Å². The molecule has 14 heavy (non-hydrogen) atoms. The summed E-state index contributed by atoms with van der Waals surface area (Å²) in [7, 11) is 0. The van der Waals surface area contributed by atoms with Gasteiger partial charge in [0.05, 0.1) is 0 Å². The molecule has 0 saturated carbocycles. The van der Waals surface area contributed by atoms with Crippen molar-refractivity contribution in [2.75, 3.05) is 0 Å². The van der Waals surface area contributed by atoms with Crippen LogP contribution in [-0.2, 0) is 0 Å². The van der Waals surface area contributed by atoms with Crippen LogP contribution in [0.1, 0.15) is 66.2 Å². The van der Waals surface area contributed by atoms with Crippen molar-refractivity contribution < 1.29 is 0 Å². The van der Waals surface area contributed by atoms with E-state index in [4.69, 9.17) is 0 Å². The Morgan fingerprint density at radius 3 is 2.14 bits per heavy atom. The third kappa shape index (κ3) is 9.57. The molecular weight excluding hydrogens is 168 g/mol. The summed E-state index contributed by atoms with van der Waals surface area (Å²) in [5.41, 5.74) is 3.01. The quantitative estimate of drug-likeness (QED) is 0.383. The van der Waals surface area contributed by atoms with Crippen LogP contribution in [-0.4, -0.2) is 0 Å². The van der Waals surface area contributed by atoms with Crippen LogP contribution in [0.5, 0.6) is 0 Å². The predicted molar refractivity (Wildman–Crippen MR) is 66.6 cm³/mol. The Kier molecular flexibility index (Phi) is 8.72. The smallest absolute Gasteiger partial charge is 0.0323 e. The molecule has 0 radical (unpaired) electrons. The van der Waals surface area contributed by atoms with Crippen LogP contribution in [0.4, 0.5) is 0 Å². The SMILES string of the molecule is CCCCC(C)=CCCCC=C(C)C. The largest absolute Gasteiger partial charge is 0.0859 e. The average molecular weight is 194 g/mol. The monoisotopic (exact) mass is 194 g/mol. The molecule has 0 amide bonds. The van der Waals surface area contributed by atoms with E-state index in [9.17, 15) is 0 Å². The first-order valence-electron chi connectivity index (χ1n) is 5.95. The average Bonchev–Trinajstić information content (AvgIpc) is 2.13. The summed E-state index contributed by atoms with van der Waals surface area (Å²) in [5, 5.41) is 0. The highest BCUT2D eigenvalue weighted by atomic mass is 14.0. The second kappa shape index (κ2) is 9.05. The zero-order valence-corrected chi connectivity index (χ0v) is 10.4. The Morgan fingerprint density at radius 1 is 0.929 bits per heavy atom. The van der Waals surface area contributed by atoms with E-state index in [0.29, 0.717) is 0 Å². The van der Waals surface area contributed by atoms with Gasteiger partial charge in [0.1, 0.15) is 0 Å². The van der Waals surface area contributed by atoms with E-state index in [2.05, 4.69) is 39.8 Å². The molecule has 0 unspecified atom stereocenters. The summed E-state index contributed by atoms with van der Waals surface area (Å²) in [4.78, 5) is 0. The topological polar surface area (TPSA) is 0 Å². The number of unbranched alkanes of at least 4 members (excludes halogenated alkanes) is 3. The van der Waals surface area contributed by atoms with Gasteiger partial charge in [0, 0.05) is 0 Å². The van der Waals surface area contributed by atoms with Crippen molar-refractivity contribution in [3.63, 3.8) is 0 Å². The molecule has 0 rings (SSSR count). The summed E-state index contributed by atoms with van der Waals surface area (Å²) in [6.07, 6.45) is 12.5. The Labute approximate surface area is 90.1 Å². The normalized spacial score (nSPS) is 11.6. The minimum absolute atomic E-state index is 1.24. The minimum atomic E-state index is 1.24. The molecule has 0 spiro atoms. The number of rotatable bonds is 7. The third-order valence-corrected chi connectivity index (χ3v) is 2.38. The first-order valence-corrected chi connectivity index (χ1v) is 5.95. The molecule has 0 heteroatoms. The lowest BCUT2D eigenvalue weighted by Gasteiger charge is -1.99. The molecule has 0 nitrogen and oxygen atoms in total. The first-order chi connectivity index (χ1) is 6.66. The van der Waals surface area contributed by atoms with Gasteiger partial charge in [-0.25, -0.2) is 0 Å². The lowest BCUT2D eigenvalue weighted by atomic mass is 10.1. The number of hydrogen-bond donors (Lipinski definition) is 0. The van der Waals surface area contributed by atoms with E-state index in [-0.39, 0.29) is 0 Å². The predicted octanol–water partition coefficient (Wildman–Crippen LogP) is 5.26. The van der Waals surface area contributed by atoms with E-state index in [1.807, 2.05) is 0 Å². The third-order valence-electron chi connectivity index (χ3n) is 2.38. The van der Waals surface area contributed by atoms with Crippen LogP contribution < -0.4 is 0 Å². The van der Waals surface area contributed by atoms with Gasteiger partial charge in [0.2, 0.25) is 0 Å². The zero-order chi connectivity index (χ0) is 10.8. The molecule has 0 bridgehead atoms. The molecule has 0 atom stereocenters. The molecule has 0 aliphatic heterocycles. The van der Waals surface area contributed by atoms with Crippen LogP contribution in [0.3, 0.4) is 0 Å². The molecule has 0 aromatic carbocycles. The molecule has 0 heterocycles. The number of allylic oxidation sites excluding steroid dienone is 4. The lowest BCUT2D eigenvalue weighted by Crippen LogP contribution is -1.78. The van der Waals surface area contributed by atoms with Crippen LogP contribution in [0, 0.1) is 0 Å². The molecule has 82 valence electrons. The molecule has 0 aromatic rings.